The minimum atomic E-state index is -1.04. The Kier molecular flexibility index (Phi) is 5.03. The Balaban J connectivity index is 1.81. The fourth-order valence-corrected chi connectivity index (χ4v) is 4.37. The molecule has 0 spiro atoms. The van der Waals surface area contributed by atoms with E-state index in [1.165, 1.54) is 12.2 Å². The Morgan fingerprint density at radius 1 is 1.30 bits per heavy atom. The van der Waals surface area contributed by atoms with Gasteiger partial charge >= 0.3 is 0 Å². The highest BCUT2D eigenvalue weighted by Gasteiger charge is 2.48. The number of fused-ring (bicyclic) bond motifs is 1. The second-order valence-corrected chi connectivity index (χ2v) is 7.42. The molecule has 1 aliphatic heterocycles. The summed E-state index contributed by atoms with van der Waals surface area (Å²) in [5.41, 5.74) is 7.07. The summed E-state index contributed by atoms with van der Waals surface area (Å²) >= 11 is 0. The lowest BCUT2D eigenvalue weighted by atomic mass is 9.71. The van der Waals surface area contributed by atoms with Gasteiger partial charge in [0, 0.05) is 19.4 Å². The van der Waals surface area contributed by atoms with E-state index in [9.17, 15) is 9.18 Å². The lowest BCUT2D eigenvalue weighted by Gasteiger charge is -2.45. The third-order valence-electron chi connectivity index (χ3n) is 5.78. The van der Waals surface area contributed by atoms with Gasteiger partial charge in [0.05, 0.1) is 30.1 Å². The summed E-state index contributed by atoms with van der Waals surface area (Å²) in [5.74, 6) is -0.422. The van der Waals surface area contributed by atoms with Crippen LogP contribution in [0.15, 0.2) is 48.3 Å². The number of carbonyl (C=O) groups excluding carboxylic acids is 1. The van der Waals surface area contributed by atoms with Crippen LogP contribution in [0.1, 0.15) is 33.2 Å². The number of nitrogens with zero attached hydrogens (tertiary/aromatic N) is 2. The number of nitrogens with one attached hydrogen (secondary N) is 1. The Hall–Kier alpha value is -3.26. The topological polar surface area (TPSA) is 99.4 Å². The minimum absolute atomic E-state index is 0.112. The van der Waals surface area contributed by atoms with Crippen molar-refractivity contribution < 1.29 is 18.7 Å². The normalized spacial score (nSPS) is 25.3. The summed E-state index contributed by atoms with van der Waals surface area (Å²) < 4.78 is 25.7. The van der Waals surface area contributed by atoms with Gasteiger partial charge in [-0.3, -0.25) is 4.79 Å². The van der Waals surface area contributed by atoms with Gasteiger partial charge in [0.2, 0.25) is 5.95 Å². The molecule has 0 bridgehead atoms. The number of aryl methyl sites for hydroxylation is 1. The zero-order valence-electron chi connectivity index (χ0n) is 17.0. The Labute approximate surface area is 173 Å². The van der Waals surface area contributed by atoms with Crippen LogP contribution in [0.4, 0.5) is 10.3 Å². The number of amides is 1. The molecule has 3 unspecified atom stereocenters. The van der Waals surface area contributed by atoms with Crippen molar-refractivity contribution in [3.8, 4) is 5.75 Å². The first-order chi connectivity index (χ1) is 14.4. The van der Waals surface area contributed by atoms with E-state index in [-0.39, 0.29) is 17.7 Å². The third kappa shape index (κ3) is 3.23. The predicted molar refractivity (Wildman–Crippen MR) is 110 cm³/mol. The van der Waals surface area contributed by atoms with Crippen molar-refractivity contribution in [2.75, 3.05) is 20.0 Å². The number of hydrogen-bond donors (Lipinski definition) is 2. The molecule has 2 heterocycles. The van der Waals surface area contributed by atoms with Crippen LogP contribution in [0.5, 0.6) is 5.75 Å². The molecule has 3 N–H and O–H groups in total. The highest BCUT2D eigenvalue weighted by molar-refractivity contribution is 5.97. The second-order valence-electron chi connectivity index (χ2n) is 7.42. The fraction of sp³-hybridized carbons (Fsp3) is 0.318. The van der Waals surface area contributed by atoms with E-state index in [0.29, 0.717) is 29.1 Å². The van der Waals surface area contributed by atoms with E-state index < -0.39 is 17.6 Å². The molecule has 7 nitrogen and oxygen atoms in total. The van der Waals surface area contributed by atoms with E-state index in [0.717, 1.165) is 5.56 Å². The highest BCUT2D eigenvalue weighted by atomic mass is 19.1. The number of hydrogen-bond acceptors (Lipinski definition) is 6. The Bertz CT molecular complexity index is 1070. The molecule has 8 heteroatoms. The zero-order chi connectivity index (χ0) is 21.5. The first-order valence-corrected chi connectivity index (χ1v) is 9.57. The van der Waals surface area contributed by atoms with Crippen molar-refractivity contribution in [1.29, 1.82) is 0 Å². The van der Waals surface area contributed by atoms with E-state index >= 15 is 0 Å². The smallest absolute Gasteiger partial charge is 0.255 e. The summed E-state index contributed by atoms with van der Waals surface area (Å²) in [5, 5.41) is 3.02. The summed E-state index contributed by atoms with van der Waals surface area (Å²) in [7, 11) is 3.13. The standard InChI is InChI=1S/C22H23FN4O3/c1-12-19-17(26-21(24)25-12)11-18(27-20(19)28)22(30-3)8-7-14(23)10-16(22)13-5-4-6-15(9-13)29-2/h4-10,16,18H,11H2,1-3H3,(H,27,28)(H2,24,25,26). The van der Waals surface area contributed by atoms with E-state index in [1.54, 1.807) is 27.2 Å². The van der Waals surface area contributed by atoms with Crippen LogP contribution >= 0.6 is 0 Å². The maximum atomic E-state index is 14.3. The molecule has 0 radical (unpaired) electrons. The number of nitrogens with two attached hydrogens (primary N) is 1. The summed E-state index contributed by atoms with van der Waals surface area (Å²) in [6.07, 6.45) is 4.89. The predicted octanol–water partition coefficient (Wildman–Crippen LogP) is 2.62. The average molecular weight is 410 g/mol. The molecule has 0 fully saturated rings. The maximum absolute atomic E-state index is 14.3. The van der Waals surface area contributed by atoms with Gasteiger partial charge in [0.1, 0.15) is 17.2 Å². The number of methoxy groups -OCH3 is 2. The van der Waals surface area contributed by atoms with E-state index in [1.807, 2.05) is 24.3 Å². The van der Waals surface area contributed by atoms with Crippen LogP contribution < -0.4 is 15.8 Å². The van der Waals surface area contributed by atoms with Crippen LogP contribution in [0.2, 0.25) is 0 Å². The lowest BCUT2D eigenvalue weighted by Crippen LogP contribution is -2.59. The molecule has 3 atom stereocenters. The average Bonchev–Trinajstić information content (AvgIpc) is 2.73. The lowest BCUT2D eigenvalue weighted by molar-refractivity contribution is -0.0143. The van der Waals surface area contributed by atoms with Crippen molar-refractivity contribution in [3.05, 3.63) is 70.8 Å². The van der Waals surface area contributed by atoms with Gasteiger partial charge in [-0.05, 0) is 42.8 Å². The molecule has 156 valence electrons. The maximum Gasteiger partial charge on any atom is 0.255 e. The van der Waals surface area contributed by atoms with E-state index in [2.05, 4.69) is 15.3 Å². The first-order valence-electron chi connectivity index (χ1n) is 9.57. The quantitative estimate of drug-likeness (QED) is 0.804. The van der Waals surface area contributed by atoms with Crippen molar-refractivity contribution >= 4 is 11.9 Å². The molecule has 0 saturated heterocycles. The van der Waals surface area contributed by atoms with Gasteiger partial charge in [0.25, 0.3) is 5.91 Å². The molecule has 1 aliphatic carbocycles. The molecule has 1 amide bonds. The highest BCUT2D eigenvalue weighted by Crippen LogP contribution is 2.43. The van der Waals surface area contributed by atoms with Crippen LogP contribution in [-0.4, -0.2) is 41.7 Å². The number of rotatable bonds is 4. The van der Waals surface area contributed by atoms with E-state index in [4.69, 9.17) is 15.2 Å². The van der Waals surface area contributed by atoms with Crippen LogP contribution in [0, 0.1) is 6.92 Å². The third-order valence-corrected chi connectivity index (χ3v) is 5.78. The van der Waals surface area contributed by atoms with Crippen molar-refractivity contribution in [2.45, 2.75) is 30.9 Å². The number of halogens is 1. The molecular formula is C22H23FN4O3. The summed E-state index contributed by atoms with van der Waals surface area (Å²) in [6.45, 7) is 1.72. The number of ether oxygens (including phenoxy) is 2. The number of benzene rings is 1. The Morgan fingerprint density at radius 2 is 2.10 bits per heavy atom. The zero-order valence-corrected chi connectivity index (χ0v) is 17.0. The van der Waals surface area contributed by atoms with Crippen LogP contribution in [-0.2, 0) is 11.2 Å². The van der Waals surface area contributed by atoms with Gasteiger partial charge < -0.3 is 20.5 Å². The van der Waals surface area contributed by atoms with Crippen LogP contribution in [0.3, 0.4) is 0 Å². The van der Waals surface area contributed by atoms with Crippen molar-refractivity contribution in [3.63, 3.8) is 0 Å². The molecule has 1 aromatic carbocycles. The molecule has 4 rings (SSSR count). The van der Waals surface area contributed by atoms with Crippen molar-refractivity contribution in [1.82, 2.24) is 15.3 Å². The largest absolute Gasteiger partial charge is 0.497 e. The number of allylic oxidation sites excluding steroid dienone is 2. The second kappa shape index (κ2) is 7.53. The van der Waals surface area contributed by atoms with Gasteiger partial charge in [0.15, 0.2) is 0 Å². The summed E-state index contributed by atoms with van der Waals surface area (Å²) in [4.78, 5) is 21.3. The SMILES string of the molecule is COc1cccc(C2C=C(F)C=CC2(OC)C2Cc3nc(N)nc(C)c3C(=O)N2)c1. The molecule has 0 saturated carbocycles. The molecule has 30 heavy (non-hydrogen) atoms. The Morgan fingerprint density at radius 3 is 2.83 bits per heavy atom. The number of nitrogen functional groups attached to an aromatic ring is 1. The number of carbonyl (C=O) groups is 1. The summed E-state index contributed by atoms with van der Waals surface area (Å²) in [6, 6.07) is 6.87. The first kappa shape index (κ1) is 20.0. The van der Waals surface area contributed by atoms with Crippen molar-refractivity contribution in [2.24, 2.45) is 0 Å². The molecule has 2 aromatic rings. The van der Waals surface area contributed by atoms with Gasteiger partial charge in [-0.2, -0.15) is 0 Å². The molecular weight excluding hydrogens is 387 g/mol. The molecule has 2 aliphatic rings. The molecule has 1 aromatic heterocycles. The monoisotopic (exact) mass is 410 g/mol. The number of anilines is 1. The van der Waals surface area contributed by atoms with Gasteiger partial charge in [-0.15, -0.1) is 0 Å². The van der Waals surface area contributed by atoms with Gasteiger partial charge in [-0.1, -0.05) is 12.1 Å². The minimum Gasteiger partial charge on any atom is -0.497 e. The van der Waals surface area contributed by atoms with Gasteiger partial charge in [-0.25, -0.2) is 14.4 Å². The number of aromatic nitrogens is 2. The fourth-order valence-electron chi connectivity index (χ4n) is 4.37. The van der Waals surface area contributed by atoms with Crippen LogP contribution in [0.25, 0.3) is 0 Å².